The van der Waals surface area contributed by atoms with Crippen LogP contribution in [-0.2, 0) is 6.54 Å². The van der Waals surface area contributed by atoms with Crippen molar-refractivity contribution >= 4 is 16.9 Å². The van der Waals surface area contributed by atoms with Crippen molar-refractivity contribution < 1.29 is 4.42 Å². The van der Waals surface area contributed by atoms with Gasteiger partial charge in [0, 0.05) is 18.0 Å². The highest BCUT2D eigenvalue weighted by Gasteiger charge is 2.05. The molecule has 20 heavy (non-hydrogen) atoms. The molecule has 0 aliphatic carbocycles. The Bertz CT molecular complexity index is 541. The molecule has 108 valence electrons. The highest BCUT2D eigenvalue weighted by atomic mass is 16.3. The van der Waals surface area contributed by atoms with Crippen LogP contribution < -0.4 is 10.6 Å². The fraction of sp³-hybridized carbons (Fsp3) is 0.438. The summed E-state index contributed by atoms with van der Waals surface area (Å²) in [5.41, 5.74) is 0.914. The standard InChI is InChI=1S/C16H23N3O/c1-4-12(3)19-16(17-5-2)18-11-14-10-13-8-6-7-9-15(13)20-14/h6-10,12H,4-5,11H2,1-3H3,(H2,17,18,19). The fourth-order valence-corrected chi connectivity index (χ4v) is 1.93. The van der Waals surface area contributed by atoms with Crippen molar-refractivity contribution in [3.63, 3.8) is 0 Å². The summed E-state index contributed by atoms with van der Waals surface area (Å²) in [6.45, 7) is 7.76. The summed E-state index contributed by atoms with van der Waals surface area (Å²) in [5, 5.41) is 7.74. The minimum Gasteiger partial charge on any atom is -0.459 e. The Morgan fingerprint density at radius 2 is 2.10 bits per heavy atom. The Labute approximate surface area is 120 Å². The third-order valence-corrected chi connectivity index (χ3v) is 3.21. The lowest BCUT2D eigenvalue weighted by Gasteiger charge is -2.15. The number of furan rings is 1. The van der Waals surface area contributed by atoms with E-state index in [0.29, 0.717) is 12.6 Å². The molecule has 4 nitrogen and oxygen atoms in total. The van der Waals surface area contributed by atoms with Gasteiger partial charge in [0.15, 0.2) is 5.96 Å². The number of nitrogens with one attached hydrogen (secondary N) is 2. The third-order valence-electron chi connectivity index (χ3n) is 3.21. The zero-order chi connectivity index (χ0) is 14.4. The predicted octanol–water partition coefficient (Wildman–Crippen LogP) is 3.29. The van der Waals surface area contributed by atoms with Crippen molar-refractivity contribution in [2.75, 3.05) is 6.54 Å². The van der Waals surface area contributed by atoms with Crippen molar-refractivity contribution in [3.05, 3.63) is 36.1 Å². The lowest BCUT2D eigenvalue weighted by atomic mass is 10.2. The summed E-state index contributed by atoms with van der Waals surface area (Å²) in [6, 6.07) is 10.5. The number of rotatable bonds is 5. The SMILES string of the molecule is CCNC(=NCc1cc2ccccc2o1)NC(C)CC. The maximum Gasteiger partial charge on any atom is 0.191 e. The topological polar surface area (TPSA) is 49.6 Å². The summed E-state index contributed by atoms with van der Waals surface area (Å²) in [5.74, 6) is 1.72. The Morgan fingerprint density at radius 1 is 1.30 bits per heavy atom. The molecule has 0 aliphatic rings. The molecule has 0 amide bonds. The zero-order valence-electron chi connectivity index (χ0n) is 12.4. The van der Waals surface area contributed by atoms with E-state index in [1.54, 1.807) is 0 Å². The number of para-hydroxylation sites is 1. The molecule has 0 radical (unpaired) electrons. The maximum atomic E-state index is 5.77. The van der Waals surface area contributed by atoms with Crippen LogP contribution in [0.1, 0.15) is 33.0 Å². The predicted molar refractivity (Wildman–Crippen MR) is 83.9 cm³/mol. The molecule has 0 fully saturated rings. The number of aliphatic imine (C=N–C) groups is 1. The molecule has 1 heterocycles. The molecule has 2 aromatic rings. The van der Waals surface area contributed by atoms with Crippen LogP contribution >= 0.6 is 0 Å². The van der Waals surface area contributed by atoms with Gasteiger partial charge in [0.2, 0.25) is 0 Å². The van der Waals surface area contributed by atoms with Crippen LogP contribution in [0.25, 0.3) is 11.0 Å². The molecule has 4 heteroatoms. The number of guanidine groups is 1. The van der Waals surface area contributed by atoms with Crippen LogP contribution in [0.2, 0.25) is 0 Å². The van der Waals surface area contributed by atoms with Gasteiger partial charge in [-0.15, -0.1) is 0 Å². The van der Waals surface area contributed by atoms with E-state index in [4.69, 9.17) is 4.42 Å². The van der Waals surface area contributed by atoms with E-state index < -0.39 is 0 Å². The van der Waals surface area contributed by atoms with Gasteiger partial charge >= 0.3 is 0 Å². The molecule has 0 spiro atoms. The number of benzene rings is 1. The Kier molecular flexibility index (Phi) is 5.04. The van der Waals surface area contributed by atoms with Crippen LogP contribution in [0.15, 0.2) is 39.7 Å². The second-order valence-corrected chi connectivity index (χ2v) is 4.90. The van der Waals surface area contributed by atoms with Crippen LogP contribution in [0, 0.1) is 0 Å². The first-order valence-electron chi connectivity index (χ1n) is 7.25. The van der Waals surface area contributed by atoms with Gasteiger partial charge in [-0.25, -0.2) is 4.99 Å². The van der Waals surface area contributed by atoms with Crippen molar-refractivity contribution in [1.82, 2.24) is 10.6 Å². The maximum absolute atomic E-state index is 5.77. The van der Waals surface area contributed by atoms with Crippen LogP contribution in [0.3, 0.4) is 0 Å². The molecular formula is C16H23N3O. The molecule has 1 atom stereocenters. The highest BCUT2D eigenvalue weighted by Crippen LogP contribution is 2.19. The molecule has 1 aromatic heterocycles. The van der Waals surface area contributed by atoms with E-state index in [2.05, 4.69) is 42.5 Å². The normalized spacial score (nSPS) is 13.4. The third kappa shape index (κ3) is 3.76. The summed E-state index contributed by atoms with van der Waals surface area (Å²) in [6.07, 6.45) is 1.06. The van der Waals surface area contributed by atoms with E-state index in [1.807, 2.05) is 24.3 Å². The molecule has 0 saturated heterocycles. The van der Waals surface area contributed by atoms with Crippen molar-refractivity contribution in [2.45, 2.75) is 39.8 Å². The van der Waals surface area contributed by atoms with Gasteiger partial charge in [-0.05, 0) is 32.4 Å². The monoisotopic (exact) mass is 273 g/mol. The van der Waals surface area contributed by atoms with Gasteiger partial charge in [0.25, 0.3) is 0 Å². The van der Waals surface area contributed by atoms with Gasteiger partial charge in [0.1, 0.15) is 17.9 Å². The summed E-state index contributed by atoms with van der Waals surface area (Å²) in [7, 11) is 0. The quantitative estimate of drug-likeness (QED) is 0.649. The van der Waals surface area contributed by atoms with Gasteiger partial charge in [-0.1, -0.05) is 25.1 Å². The average Bonchev–Trinajstić information content (AvgIpc) is 2.87. The van der Waals surface area contributed by atoms with Gasteiger partial charge in [-0.2, -0.15) is 0 Å². The van der Waals surface area contributed by atoms with Gasteiger partial charge in [0.05, 0.1) is 0 Å². The van der Waals surface area contributed by atoms with Crippen LogP contribution in [0.5, 0.6) is 0 Å². The number of nitrogens with zero attached hydrogens (tertiary/aromatic N) is 1. The Hall–Kier alpha value is -1.97. The molecule has 0 saturated carbocycles. The first-order chi connectivity index (χ1) is 9.72. The first-order valence-corrected chi connectivity index (χ1v) is 7.25. The van der Waals surface area contributed by atoms with Crippen molar-refractivity contribution in [3.8, 4) is 0 Å². The second kappa shape index (κ2) is 6.98. The van der Waals surface area contributed by atoms with Crippen molar-refractivity contribution in [1.29, 1.82) is 0 Å². The molecule has 1 unspecified atom stereocenters. The average molecular weight is 273 g/mol. The summed E-state index contributed by atoms with van der Waals surface area (Å²) in [4.78, 5) is 4.57. The van der Waals surface area contributed by atoms with Gasteiger partial charge < -0.3 is 15.1 Å². The smallest absolute Gasteiger partial charge is 0.191 e. The van der Waals surface area contributed by atoms with E-state index in [0.717, 1.165) is 35.7 Å². The summed E-state index contributed by atoms with van der Waals surface area (Å²) >= 11 is 0. The van der Waals surface area contributed by atoms with Crippen LogP contribution in [-0.4, -0.2) is 18.5 Å². The molecule has 2 N–H and O–H groups in total. The van der Waals surface area contributed by atoms with Crippen LogP contribution in [0.4, 0.5) is 0 Å². The highest BCUT2D eigenvalue weighted by molar-refractivity contribution is 5.80. The number of fused-ring (bicyclic) bond motifs is 1. The lowest BCUT2D eigenvalue weighted by molar-refractivity contribution is 0.550. The summed E-state index contributed by atoms with van der Waals surface area (Å²) < 4.78 is 5.77. The Morgan fingerprint density at radius 3 is 2.80 bits per heavy atom. The fourth-order valence-electron chi connectivity index (χ4n) is 1.93. The molecule has 0 bridgehead atoms. The second-order valence-electron chi connectivity index (χ2n) is 4.90. The minimum atomic E-state index is 0.406. The molecule has 0 aliphatic heterocycles. The van der Waals surface area contributed by atoms with E-state index in [-0.39, 0.29) is 0 Å². The van der Waals surface area contributed by atoms with E-state index in [1.165, 1.54) is 0 Å². The first kappa shape index (κ1) is 14.4. The molecule has 2 rings (SSSR count). The molecular weight excluding hydrogens is 250 g/mol. The zero-order valence-corrected chi connectivity index (χ0v) is 12.4. The van der Waals surface area contributed by atoms with Gasteiger partial charge in [-0.3, -0.25) is 0 Å². The number of hydrogen-bond acceptors (Lipinski definition) is 2. The lowest BCUT2D eigenvalue weighted by Crippen LogP contribution is -2.41. The van der Waals surface area contributed by atoms with Crippen molar-refractivity contribution in [2.24, 2.45) is 4.99 Å². The Balaban J connectivity index is 2.07. The van der Waals surface area contributed by atoms with E-state index >= 15 is 0 Å². The van der Waals surface area contributed by atoms with E-state index in [9.17, 15) is 0 Å². The molecule has 1 aromatic carbocycles. The largest absolute Gasteiger partial charge is 0.459 e. The minimum absolute atomic E-state index is 0.406. The number of hydrogen-bond donors (Lipinski definition) is 2.